The van der Waals surface area contributed by atoms with Crippen molar-refractivity contribution < 1.29 is 13.2 Å². The Balaban J connectivity index is 2.50. The average molecular weight is 296 g/mol. The summed E-state index contributed by atoms with van der Waals surface area (Å²) in [6, 6.07) is 6.16. The molecule has 108 valence electrons. The van der Waals surface area contributed by atoms with E-state index in [0.717, 1.165) is 5.69 Å². The van der Waals surface area contributed by atoms with Gasteiger partial charge < -0.3 is 10.5 Å². The highest BCUT2D eigenvalue weighted by molar-refractivity contribution is 7.89. The van der Waals surface area contributed by atoms with Gasteiger partial charge in [0, 0.05) is 18.8 Å². The van der Waals surface area contributed by atoms with Crippen molar-refractivity contribution in [1.82, 2.24) is 14.5 Å². The van der Waals surface area contributed by atoms with Crippen molar-refractivity contribution in [3.8, 4) is 11.6 Å². The van der Waals surface area contributed by atoms with Crippen molar-refractivity contribution in [2.24, 2.45) is 7.05 Å². The molecule has 0 fully saturated rings. The van der Waals surface area contributed by atoms with E-state index in [1.165, 1.54) is 23.9 Å². The number of nitrogens with one attached hydrogen (secondary N) is 1. The average Bonchev–Trinajstić information content (AvgIpc) is 2.70. The molecule has 0 aliphatic heterocycles. The fourth-order valence-corrected chi connectivity index (χ4v) is 2.61. The topological polar surface area (TPSA) is 99.2 Å². The maximum atomic E-state index is 12.0. The van der Waals surface area contributed by atoms with Gasteiger partial charge in [-0.25, -0.2) is 17.8 Å². The zero-order valence-electron chi connectivity index (χ0n) is 11.4. The second-order valence-electron chi connectivity index (χ2n) is 4.26. The van der Waals surface area contributed by atoms with Crippen LogP contribution in [0.5, 0.6) is 11.6 Å². The molecule has 0 unspecified atom stereocenters. The van der Waals surface area contributed by atoms with E-state index in [2.05, 4.69) is 9.82 Å². The number of nitrogens with two attached hydrogens (primary N) is 1. The van der Waals surface area contributed by atoms with Crippen molar-refractivity contribution >= 4 is 15.7 Å². The molecular formula is C12H16N4O3S. The monoisotopic (exact) mass is 296 g/mol. The molecular weight excluding hydrogens is 280 g/mol. The molecule has 2 rings (SSSR count). The standard InChI is InChI=1S/C12H16N4O3S/c1-8-6-12(16(3)15-8)19-10-5-4-9(13)7-11(10)20(17,18)14-2/h4-7,14H,13H2,1-3H3. The summed E-state index contributed by atoms with van der Waals surface area (Å²) >= 11 is 0. The molecule has 0 saturated heterocycles. The van der Waals surface area contributed by atoms with Crippen LogP contribution in [-0.4, -0.2) is 25.2 Å². The predicted octanol–water partition coefficient (Wildman–Crippen LogP) is 1.01. The summed E-state index contributed by atoms with van der Waals surface area (Å²) in [4.78, 5) is -0.0150. The summed E-state index contributed by atoms with van der Waals surface area (Å²) in [5.41, 5.74) is 6.76. The second-order valence-corrected chi connectivity index (χ2v) is 6.12. The van der Waals surface area contributed by atoms with Crippen molar-refractivity contribution in [2.45, 2.75) is 11.8 Å². The SMILES string of the molecule is CNS(=O)(=O)c1cc(N)ccc1Oc1cc(C)nn1C. The van der Waals surface area contributed by atoms with E-state index >= 15 is 0 Å². The molecule has 0 amide bonds. The Labute approximate surface area is 117 Å². The van der Waals surface area contributed by atoms with Crippen molar-refractivity contribution in [2.75, 3.05) is 12.8 Å². The maximum absolute atomic E-state index is 12.0. The van der Waals surface area contributed by atoms with Gasteiger partial charge in [0.2, 0.25) is 15.9 Å². The van der Waals surface area contributed by atoms with Gasteiger partial charge in [-0.05, 0) is 32.2 Å². The number of aromatic nitrogens is 2. The van der Waals surface area contributed by atoms with E-state index in [4.69, 9.17) is 10.5 Å². The van der Waals surface area contributed by atoms with Gasteiger partial charge in [-0.2, -0.15) is 5.10 Å². The third-order valence-corrected chi connectivity index (χ3v) is 4.14. The minimum Gasteiger partial charge on any atom is -0.438 e. The molecule has 1 heterocycles. The van der Waals surface area contributed by atoms with E-state index < -0.39 is 10.0 Å². The summed E-state index contributed by atoms with van der Waals surface area (Å²) < 4.78 is 33.4. The lowest BCUT2D eigenvalue weighted by molar-refractivity contribution is 0.419. The van der Waals surface area contributed by atoms with Crippen LogP contribution in [0.1, 0.15) is 5.69 Å². The summed E-state index contributed by atoms with van der Waals surface area (Å²) in [5.74, 6) is 0.636. The Kier molecular flexibility index (Phi) is 3.69. The lowest BCUT2D eigenvalue weighted by Gasteiger charge is -2.11. The zero-order chi connectivity index (χ0) is 14.9. The largest absolute Gasteiger partial charge is 0.438 e. The number of benzene rings is 1. The zero-order valence-corrected chi connectivity index (χ0v) is 12.2. The summed E-state index contributed by atoms with van der Waals surface area (Å²) in [7, 11) is -0.618. The third kappa shape index (κ3) is 2.75. The van der Waals surface area contributed by atoms with E-state index in [-0.39, 0.29) is 10.6 Å². The van der Waals surface area contributed by atoms with Crippen LogP contribution in [0.3, 0.4) is 0 Å². The highest BCUT2D eigenvalue weighted by Crippen LogP contribution is 2.30. The van der Waals surface area contributed by atoms with Crippen molar-refractivity contribution in [3.05, 3.63) is 30.0 Å². The van der Waals surface area contributed by atoms with Crippen LogP contribution in [0.4, 0.5) is 5.69 Å². The Morgan fingerprint density at radius 3 is 2.60 bits per heavy atom. The molecule has 1 aromatic heterocycles. The molecule has 0 atom stereocenters. The Bertz CT molecular complexity index is 737. The molecule has 20 heavy (non-hydrogen) atoms. The molecule has 1 aromatic carbocycles. The van der Waals surface area contributed by atoms with Gasteiger partial charge in [-0.3, -0.25) is 0 Å². The molecule has 7 nitrogen and oxygen atoms in total. The van der Waals surface area contributed by atoms with Gasteiger partial charge in [0.15, 0.2) is 0 Å². The van der Waals surface area contributed by atoms with Crippen LogP contribution in [0.25, 0.3) is 0 Å². The third-order valence-electron chi connectivity index (χ3n) is 2.70. The highest BCUT2D eigenvalue weighted by atomic mass is 32.2. The number of nitrogens with zero attached hydrogens (tertiary/aromatic N) is 2. The smallest absolute Gasteiger partial charge is 0.244 e. The van der Waals surface area contributed by atoms with Gasteiger partial charge in [0.05, 0.1) is 5.69 Å². The number of anilines is 1. The molecule has 2 aromatic rings. The summed E-state index contributed by atoms with van der Waals surface area (Å²) in [5, 5.41) is 4.14. The van der Waals surface area contributed by atoms with Crippen LogP contribution < -0.4 is 15.2 Å². The van der Waals surface area contributed by atoms with Crippen LogP contribution in [0.2, 0.25) is 0 Å². The van der Waals surface area contributed by atoms with E-state index in [1.54, 1.807) is 19.2 Å². The number of ether oxygens (including phenoxy) is 1. The van der Waals surface area contributed by atoms with Crippen molar-refractivity contribution in [3.63, 3.8) is 0 Å². The number of nitrogen functional groups attached to an aromatic ring is 1. The minimum absolute atomic E-state index is 0.0150. The van der Waals surface area contributed by atoms with Gasteiger partial charge in [0.1, 0.15) is 10.6 Å². The second kappa shape index (κ2) is 5.14. The highest BCUT2D eigenvalue weighted by Gasteiger charge is 2.19. The fraction of sp³-hybridized carbons (Fsp3) is 0.250. The lowest BCUT2D eigenvalue weighted by Crippen LogP contribution is -2.19. The molecule has 0 bridgehead atoms. The maximum Gasteiger partial charge on any atom is 0.244 e. The first-order valence-electron chi connectivity index (χ1n) is 5.85. The molecule has 0 spiro atoms. The van der Waals surface area contributed by atoms with E-state index in [1.807, 2.05) is 6.92 Å². The Hall–Kier alpha value is -2.06. The Morgan fingerprint density at radius 1 is 1.35 bits per heavy atom. The molecule has 0 radical (unpaired) electrons. The summed E-state index contributed by atoms with van der Waals surface area (Å²) in [6.45, 7) is 1.82. The van der Waals surface area contributed by atoms with E-state index in [0.29, 0.717) is 11.6 Å². The molecule has 3 N–H and O–H groups in total. The number of hydrogen-bond donors (Lipinski definition) is 2. The normalized spacial score (nSPS) is 11.6. The van der Waals surface area contributed by atoms with Crippen LogP contribution >= 0.6 is 0 Å². The van der Waals surface area contributed by atoms with Crippen LogP contribution in [0.15, 0.2) is 29.2 Å². The number of aryl methyl sites for hydroxylation is 2. The molecule has 8 heteroatoms. The Morgan fingerprint density at radius 2 is 2.05 bits per heavy atom. The first kappa shape index (κ1) is 14.4. The van der Waals surface area contributed by atoms with Gasteiger partial charge >= 0.3 is 0 Å². The first-order chi connectivity index (χ1) is 9.33. The van der Waals surface area contributed by atoms with Crippen LogP contribution in [0, 0.1) is 6.92 Å². The first-order valence-corrected chi connectivity index (χ1v) is 7.33. The van der Waals surface area contributed by atoms with E-state index in [9.17, 15) is 8.42 Å². The number of rotatable bonds is 4. The van der Waals surface area contributed by atoms with Gasteiger partial charge in [-0.15, -0.1) is 0 Å². The molecule has 0 aliphatic rings. The summed E-state index contributed by atoms with van der Waals surface area (Å²) in [6.07, 6.45) is 0. The fourth-order valence-electron chi connectivity index (χ4n) is 1.72. The van der Waals surface area contributed by atoms with Crippen LogP contribution in [-0.2, 0) is 17.1 Å². The van der Waals surface area contributed by atoms with Gasteiger partial charge in [0.25, 0.3) is 0 Å². The number of sulfonamides is 1. The minimum atomic E-state index is -3.66. The van der Waals surface area contributed by atoms with Crippen molar-refractivity contribution in [1.29, 1.82) is 0 Å². The van der Waals surface area contributed by atoms with Gasteiger partial charge in [-0.1, -0.05) is 0 Å². The molecule has 0 saturated carbocycles. The molecule has 0 aliphatic carbocycles. The lowest BCUT2D eigenvalue weighted by atomic mass is 10.3. The number of hydrogen-bond acceptors (Lipinski definition) is 5. The quantitative estimate of drug-likeness (QED) is 0.820. The predicted molar refractivity (Wildman–Crippen MR) is 75.1 cm³/mol.